The quantitative estimate of drug-likeness (QED) is 0.843. The van der Waals surface area contributed by atoms with Gasteiger partial charge in [0.2, 0.25) is 0 Å². The van der Waals surface area contributed by atoms with Crippen LogP contribution in [0.25, 0.3) is 0 Å². The van der Waals surface area contributed by atoms with Gasteiger partial charge in [-0.2, -0.15) is 13.2 Å². The van der Waals surface area contributed by atoms with E-state index in [1.165, 1.54) is 6.07 Å². The second kappa shape index (κ2) is 6.83. The average molecular weight is 352 g/mol. The number of morpholine rings is 1. The standard InChI is InChI=1S/C15H21ClF3N3O/c1-14(2,3)22-4-5-23-10(9-22)7-20-12-6-13(16)21-8-11(12)15(17,18)19/h6,8,10H,4-5,7,9H2,1-3H3,(H,20,21)/t10-/m1/s1. The van der Waals surface area contributed by atoms with Crippen LogP contribution in [0.15, 0.2) is 12.3 Å². The van der Waals surface area contributed by atoms with Crippen molar-refractivity contribution >= 4 is 17.3 Å². The summed E-state index contributed by atoms with van der Waals surface area (Å²) in [6, 6.07) is 1.19. The van der Waals surface area contributed by atoms with Gasteiger partial charge in [0.25, 0.3) is 0 Å². The number of ether oxygens (including phenoxy) is 1. The van der Waals surface area contributed by atoms with Crippen LogP contribution >= 0.6 is 11.6 Å². The minimum Gasteiger partial charge on any atom is -0.382 e. The molecule has 2 rings (SSSR count). The molecule has 0 bridgehead atoms. The fourth-order valence-corrected chi connectivity index (χ4v) is 2.64. The molecule has 2 heterocycles. The summed E-state index contributed by atoms with van der Waals surface area (Å²) < 4.78 is 44.7. The van der Waals surface area contributed by atoms with E-state index >= 15 is 0 Å². The Morgan fingerprint density at radius 3 is 2.70 bits per heavy atom. The molecule has 1 atom stereocenters. The Labute approximate surface area is 139 Å². The number of nitrogens with one attached hydrogen (secondary N) is 1. The third-order valence-corrected chi connectivity index (χ3v) is 3.99. The van der Waals surface area contributed by atoms with Crippen LogP contribution in [0.1, 0.15) is 26.3 Å². The summed E-state index contributed by atoms with van der Waals surface area (Å²) in [4.78, 5) is 5.77. The molecule has 0 aromatic carbocycles. The maximum atomic E-state index is 13.0. The topological polar surface area (TPSA) is 37.4 Å². The third-order valence-electron chi connectivity index (χ3n) is 3.78. The normalized spacial score (nSPS) is 20.6. The summed E-state index contributed by atoms with van der Waals surface area (Å²) in [5.74, 6) is 0. The molecular weight excluding hydrogens is 331 g/mol. The summed E-state index contributed by atoms with van der Waals surface area (Å²) >= 11 is 5.71. The number of halogens is 4. The summed E-state index contributed by atoms with van der Waals surface area (Å²) in [7, 11) is 0. The van der Waals surface area contributed by atoms with Crippen LogP contribution in [0, 0.1) is 0 Å². The van der Waals surface area contributed by atoms with E-state index in [1.807, 2.05) is 0 Å². The summed E-state index contributed by atoms with van der Waals surface area (Å²) in [5.41, 5.74) is -0.904. The number of aromatic nitrogens is 1. The molecule has 1 aromatic rings. The predicted molar refractivity (Wildman–Crippen MR) is 83.8 cm³/mol. The highest BCUT2D eigenvalue weighted by Gasteiger charge is 2.35. The zero-order valence-corrected chi connectivity index (χ0v) is 14.1. The second-order valence-corrected chi connectivity index (χ2v) is 6.93. The minimum atomic E-state index is -4.48. The molecule has 8 heteroatoms. The molecule has 0 saturated carbocycles. The van der Waals surface area contributed by atoms with Crippen LogP contribution < -0.4 is 5.32 Å². The van der Waals surface area contributed by atoms with E-state index < -0.39 is 11.7 Å². The molecule has 0 amide bonds. The molecule has 1 aliphatic heterocycles. The van der Waals surface area contributed by atoms with Crippen molar-refractivity contribution in [1.82, 2.24) is 9.88 Å². The largest absolute Gasteiger partial charge is 0.419 e. The van der Waals surface area contributed by atoms with Crippen LogP contribution in [0.5, 0.6) is 0 Å². The van der Waals surface area contributed by atoms with Crippen molar-refractivity contribution < 1.29 is 17.9 Å². The monoisotopic (exact) mass is 351 g/mol. The first-order valence-electron chi connectivity index (χ1n) is 7.40. The highest BCUT2D eigenvalue weighted by Crippen LogP contribution is 2.35. The van der Waals surface area contributed by atoms with Crippen molar-refractivity contribution in [1.29, 1.82) is 0 Å². The van der Waals surface area contributed by atoms with Gasteiger partial charge in [0.15, 0.2) is 0 Å². The lowest BCUT2D eigenvalue weighted by molar-refractivity contribution is -0.137. The van der Waals surface area contributed by atoms with Crippen LogP contribution in [0.3, 0.4) is 0 Å². The van der Waals surface area contributed by atoms with Gasteiger partial charge in [-0.15, -0.1) is 0 Å². The molecule has 1 N–H and O–H groups in total. The van der Waals surface area contributed by atoms with Crippen LogP contribution in [0.2, 0.25) is 5.15 Å². The number of nitrogens with zero attached hydrogens (tertiary/aromatic N) is 2. The maximum absolute atomic E-state index is 13.0. The molecule has 1 aromatic heterocycles. The Kier molecular flexibility index (Phi) is 5.43. The lowest BCUT2D eigenvalue weighted by Crippen LogP contribution is -2.52. The molecule has 1 aliphatic rings. The van der Waals surface area contributed by atoms with E-state index in [-0.39, 0.29) is 29.0 Å². The van der Waals surface area contributed by atoms with Gasteiger partial charge in [-0.3, -0.25) is 4.90 Å². The van der Waals surface area contributed by atoms with E-state index in [0.717, 1.165) is 12.7 Å². The molecule has 1 saturated heterocycles. The van der Waals surface area contributed by atoms with Gasteiger partial charge >= 0.3 is 6.18 Å². The van der Waals surface area contributed by atoms with E-state index in [4.69, 9.17) is 16.3 Å². The Morgan fingerprint density at radius 2 is 2.09 bits per heavy atom. The molecule has 130 valence electrons. The van der Waals surface area contributed by atoms with Crippen molar-refractivity contribution in [3.05, 3.63) is 23.0 Å². The molecule has 1 fully saturated rings. The highest BCUT2D eigenvalue weighted by molar-refractivity contribution is 6.29. The molecule has 4 nitrogen and oxygen atoms in total. The lowest BCUT2D eigenvalue weighted by Gasteiger charge is -2.41. The number of anilines is 1. The van der Waals surface area contributed by atoms with Gasteiger partial charge in [0, 0.05) is 31.4 Å². The first-order valence-corrected chi connectivity index (χ1v) is 7.78. The lowest BCUT2D eigenvalue weighted by atomic mass is 10.0. The van der Waals surface area contributed by atoms with Gasteiger partial charge in [0.1, 0.15) is 5.15 Å². The smallest absolute Gasteiger partial charge is 0.382 e. The Balaban J connectivity index is 2.05. The number of rotatable bonds is 3. The SMILES string of the molecule is CC(C)(C)N1CCO[C@H](CNc2cc(Cl)ncc2C(F)(F)F)C1. The van der Waals surface area contributed by atoms with E-state index in [1.54, 1.807) is 0 Å². The highest BCUT2D eigenvalue weighted by atomic mass is 35.5. The number of hydrogen-bond donors (Lipinski definition) is 1. The number of alkyl halides is 3. The van der Waals surface area contributed by atoms with Crippen molar-refractivity contribution in [3.8, 4) is 0 Å². The summed E-state index contributed by atoms with van der Waals surface area (Å²) in [6.45, 7) is 8.63. The van der Waals surface area contributed by atoms with Crippen molar-refractivity contribution in [2.75, 3.05) is 31.6 Å². The zero-order valence-electron chi connectivity index (χ0n) is 13.4. The molecule has 0 radical (unpaired) electrons. The average Bonchev–Trinajstić information content (AvgIpc) is 2.43. The van der Waals surface area contributed by atoms with Gasteiger partial charge in [-0.25, -0.2) is 4.98 Å². The van der Waals surface area contributed by atoms with Crippen LogP contribution in [-0.2, 0) is 10.9 Å². The molecule has 0 aliphatic carbocycles. The van der Waals surface area contributed by atoms with E-state index in [2.05, 4.69) is 36.0 Å². The Morgan fingerprint density at radius 1 is 1.39 bits per heavy atom. The van der Waals surface area contributed by atoms with Crippen LogP contribution in [-0.4, -0.2) is 47.8 Å². The zero-order chi connectivity index (χ0) is 17.3. The number of pyridine rings is 1. The Hall–Kier alpha value is -1.05. The van der Waals surface area contributed by atoms with Crippen molar-refractivity contribution in [2.45, 2.75) is 38.6 Å². The van der Waals surface area contributed by atoms with Crippen molar-refractivity contribution in [2.24, 2.45) is 0 Å². The molecule has 23 heavy (non-hydrogen) atoms. The van der Waals surface area contributed by atoms with E-state index in [9.17, 15) is 13.2 Å². The van der Waals surface area contributed by atoms with Gasteiger partial charge < -0.3 is 10.1 Å². The Bertz CT molecular complexity index is 546. The summed E-state index contributed by atoms with van der Waals surface area (Å²) in [5, 5.41) is 2.82. The second-order valence-electron chi connectivity index (χ2n) is 6.54. The fourth-order valence-electron chi connectivity index (χ4n) is 2.48. The first kappa shape index (κ1) is 18.3. The fraction of sp³-hybridized carbons (Fsp3) is 0.667. The molecule has 0 spiro atoms. The van der Waals surface area contributed by atoms with Gasteiger partial charge in [-0.05, 0) is 26.8 Å². The maximum Gasteiger partial charge on any atom is 0.419 e. The molecule has 0 unspecified atom stereocenters. The summed E-state index contributed by atoms with van der Waals surface area (Å²) in [6.07, 6.45) is -3.92. The van der Waals surface area contributed by atoms with Crippen LogP contribution in [0.4, 0.5) is 18.9 Å². The minimum absolute atomic E-state index is 0.000858. The predicted octanol–water partition coefficient (Wildman–Crippen LogP) is 3.67. The third kappa shape index (κ3) is 4.96. The van der Waals surface area contributed by atoms with Crippen molar-refractivity contribution in [3.63, 3.8) is 0 Å². The van der Waals surface area contributed by atoms with Gasteiger partial charge in [0.05, 0.1) is 24.0 Å². The van der Waals surface area contributed by atoms with Gasteiger partial charge in [-0.1, -0.05) is 11.6 Å². The molecular formula is C15H21ClF3N3O. The number of hydrogen-bond acceptors (Lipinski definition) is 4. The van der Waals surface area contributed by atoms with E-state index in [0.29, 0.717) is 13.2 Å². The first-order chi connectivity index (χ1) is 10.6.